The number of hydrogen-bond acceptors (Lipinski definition) is 4. The van der Waals surface area contributed by atoms with Gasteiger partial charge in [0.2, 0.25) is 0 Å². The van der Waals surface area contributed by atoms with E-state index in [-0.39, 0.29) is 19.1 Å². The second-order valence-electron chi connectivity index (χ2n) is 3.51. The van der Waals surface area contributed by atoms with Crippen molar-refractivity contribution in [1.29, 1.82) is 0 Å². The third kappa shape index (κ3) is 2.19. The first-order valence-electron chi connectivity index (χ1n) is 4.93. The van der Waals surface area contributed by atoms with E-state index in [1.165, 1.54) is 0 Å². The summed E-state index contributed by atoms with van der Waals surface area (Å²) >= 11 is 5.94. The lowest BCUT2D eigenvalue weighted by Crippen LogP contribution is -2.21. The Morgan fingerprint density at radius 3 is 3.12 bits per heavy atom. The Hall–Kier alpha value is -1.10. The number of ketones is 1. The normalized spacial score (nSPS) is 14.1. The van der Waals surface area contributed by atoms with Gasteiger partial charge in [0.05, 0.1) is 18.7 Å². The van der Waals surface area contributed by atoms with Gasteiger partial charge in [-0.1, -0.05) is 11.6 Å². The molecule has 1 N–H and O–H groups in total. The van der Waals surface area contributed by atoms with Crippen LogP contribution >= 0.6 is 11.6 Å². The highest BCUT2D eigenvalue weighted by atomic mass is 35.5. The molecular weight excluding hydrogens is 230 g/mol. The molecule has 16 heavy (non-hydrogen) atoms. The zero-order chi connectivity index (χ0) is 11.5. The lowest BCUT2D eigenvalue weighted by atomic mass is 10.0. The Morgan fingerprint density at radius 2 is 2.38 bits per heavy atom. The minimum absolute atomic E-state index is 0.0387. The third-order valence-electron chi connectivity index (χ3n) is 2.31. The minimum Gasteiger partial charge on any atom is -0.466 e. The Kier molecular flexibility index (Phi) is 3.43. The Morgan fingerprint density at radius 1 is 1.56 bits per heavy atom. The number of nitrogens with one attached hydrogen (secondary N) is 1. The van der Waals surface area contributed by atoms with Crippen LogP contribution in [0.15, 0.2) is 12.1 Å². The van der Waals surface area contributed by atoms with Gasteiger partial charge in [-0.3, -0.25) is 4.79 Å². The van der Waals surface area contributed by atoms with Gasteiger partial charge in [-0.05, 0) is 19.2 Å². The number of halogens is 1. The van der Waals surface area contributed by atoms with E-state index in [1.807, 2.05) is 0 Å². The number of fused-ring (bicyclic) bond motifs is 1. The predicted molar refractivity (Wildman–Crippen MR) is 60.0 cm³/mol. The van der Waals surface area contributed by atoms with Crippen LogP contribution in [-0.2, 0) is 11.3 Å². The van der Waals surface area contributed by atoms with E-state index in [4.69, 9.17) is 21.1 Å². The van der Waals surface area contributed by atoms with Crippen molar-refractivity contribution in [1.82, 2.24) is 5.32 Å². The molecule has 0 unspecified atom stereocenters. The summed E-state index contributed by atoms with van der Waals surface area (Å²) in [5.74, 6) is 0.555. The van der Waals surface area contributed by atoms with Crippen molar-refractivity contribution < 1.29 is 14.3 Å². The van der Waals surface area contributed by atoms with Crippen molar-refractivity contribution in [3.8, 4) is 5.75 Å². The first-order valence-corrected chi connectivity index (χ1v) is 5.31. The van der Waals surface area contributed by atoms with Gasteiger partial charge < -0.3 is 14.8 Å². The molecule has 1 aromatic carbocycles. The van der Waals surface area contributed by atoms with Crippen molar-refractivity contribution in [3.63, 3.8) is 0 Å². The SMILES string of the molecule is CNCC(=O)c1cc(Cl)cc2c1OCOC2. The molecule has 1 heterocycles. The number of hydrogen-bond donors (Lipinski definition) is 1. The van der Waals surface area contributed by atoms with Crippen molar-refractivity contribution in [2.75, 3.05) is 20.4 Å². The maximum atomic E-state index is 11.8. The van der Waals surface area contributed by atoms with Gasteiger partial charge in [0.1, 0.15) is 5.75 Å². The summed E-state index contributed by atoms with van der Waals surface area (Å²) in [6.45, 7) is 0.862. The molecule has 1 aliphatic rings. The van der Waals surface area contributed by atoms with Crippen molar-refractivity contribution in [3.05, 3.63) is 28.3 Å². The quantitative estimate of drug-likeness (QED) is 0.817. The van der Waals surface area contributed by atoms with Crippen LogP contribution in [0.2, 0.25) is 5.02 Å². The first-order chi connectivity index (χ1) is 7.72. The lowest BCUT2D eigenvalue weighted by Gasteiger charge is -2.20. The molecule has 5 heteroatoms. The second kappa shape index (κ2) is 4.82. The zero-order valence-electron chi connectivity index (χ0n) is 8.88. The summed E-state index contributed by atoms with van der Waals surface area (Å²) in [5, 5.41) is 3.33. The summed E-state index contributed by atoms with van der Waals surface area (Å²) in [6, 6.07) is 3.39. The fraction of sp³-hybridized carbons (Fsp3) is 0.364. The molecule has 2 rings (SSSR count). The number of Topliss-reactive ketones (excluding diaryl/α,β-unsaturated/α-hetero) is 1. The van der Waals surface area contributed by atoms with Gasteiger partial charge in [0.15, 0.2) is 12.6 Å². The third-order valence-corrected chi connectivity index (χ3v) is 2.53. The van der Waals surface area contributed by atoms with Gasteiger partial charge in [-0.25, -0.2) is 0 Å². The predicted octanol–water partition coefficient (Wildman–Crippen LogP) is 1.61. The number of benzene rings is 1. The van der Waals surface area contributed by atoms with E-state index < -0.39 is 0 Å². The first kappa shape index (κ1) is 11.4. The smallest absolute Gasteiger partial charge is 0.189 e. The highest BCUT2D eigenvalue weighted by Gasteiger charge is 2.20. The zero-order valence-corrected chi connectivity index (χ0v) is 9.63. The standard InChI is InChI=1S/C11H12ClNO3/c1-13-4-10(14)9-3-8(12)2-7-5-15-6-16-11(7)9/h2-3,13H,4-6H2,1H3. The van der Waals surface area contributed by atoms with Crippen LogP contribution in [0.3, 0.4) is 0 Å². The summed E-state index contributed by atoms with van der Waals surface area (Å²) < 4.78 is 10.5. The molecule has 0 aliphatic carbocycles. The summed E-state index contributed by atoms with van der Waals surface area (Å²) in [4.78, 5) is 11.8. The van der Waals surface area contributed by atoms with E-state index in [1.54, 1.807) is 19.2 Å². The molecule has 0 fully saturated rings. The van der Waals surface area contributed by atoms with Crippen LogP contribution < -0.4 is 10.1 Å². The van der Waals surface area contributed by atoms with E-state index in [0.717, 1.165) is 5.56 Å². The van der Waals surface area contributed by atoms with Crippen LogP contribution in [0.1, 0.15) is 15.9 Å². The fourth-order valence-corrected chi connectivity index (χ4v) is 1.88. The molecule has 0 saturated carbocycles. The summed E-state index contributed by atoms with van der Waals surface area (Å²) in [5.41, 5.74) is 1.33. The van der Waals surface area contributed by atoms with E-state index in [2.05, 4.69) is 5.32 Å². The summed E-state index contributed by atoms with van der Waals surface area (Å²) in [6.07, 6.45) is 0. The van der Waals surface area contributed by atoms with Gasteiger partial charge in [-0.15, -0.1) is 0 Å². The molecule has 0 radical (unpaired) electrons. The molecule has 0 bridgehead atoms. The highest BCUT2D eigenvalue weighted by Crippen LogP contribution is 2.31. The number of ether oxygens (including phenoxy) is 2. The Balaban J connectivity index is 2.43. The van der Waals surface area contributed by atoms with Gasteiger partial charge in [0, 0.05) is 10.6 Å². The molecule has 0 aromatic heterocycles. The van der Waals surface area contributed by atoms with E-state index >= 15 is 0 Å². The molecular formula is C11H12ClNO3. The summed E-state index contributed by atoms with van der Waals surface area (Å²) in [7, 11) is 1.72. The molecule has 4 nitrogen and oxygen atoms in total. The molecule has 1 aromatic rings. The van der Waals surface area contributed by atoms with Crippen LogP contribution in [0.4, 0.5) is 0 Å². The number of carbonyl (C=O) groups is 1. The molecule has 1 aliphatic heterocycles. The lowest BCUT2D eigenvalue weighted by molar-refractivity contribution is -0.0168. The second-order valence-corrected chi connectivity index (χ2v) is 3.94. The average Bonchev–Trinajstić information content (AvgIpc) is 2.28. The molecule has 0 spiro atoms. The van der Waals surface area contributed by atoms with Crippen LogP contribution in [0.5, 0.6) is 5.75 Å². The number of carbonyl (C=O) groups excluding carboxylic acids is 1. The number of rotatable bonds is 3. The van der Waals surface area contributed by atoms with Crippen molar-refractivity contribution in [2.24, 2.45) is 0 Å². The van der Waals surface area contributed by atoms with Crippen LogP contribution in [-0.4, -0.2) is 26.2 Å². The Bertz CT molecular complexity index is 420. The minimum atomic E-state index is -0.0387. The van der Waals surface area contributed by atoms with Gasteiger partial charge in [0.25, 0.3) is 0 Å². The van der Waals surface area contributed by atoms with Crippen LogP contribution in [0, 0.1) is 0 Å². The van der Waals surface area contributed by atoms with Crippen molar-refractivity contribution in [2.45, 2.75) is 6.61 Å². The maximum absolute atomic E-state index is 11.8. The van der Waals surface area contributed by atoms with Crippen molar-refractivity contribution >= 4 is 17.4 Å². The van der Waals surface area contributed by atoms with E-state index in [0.29, 0.717) is 22.9 Å². The van der Waals surface area contributed by atoms with Gasteiger partial charge in [-0.2, -0.15) is 0 Å². The number of likely N-dealkylation sites (N-methyl/N-ethyl adjacent to an activating group) is 1. The molecule has 0 saturated heterocycles. The highest BCUT2D eigenvalue weighted by molar-refractivity contribution is 6.31. The molecule has 0 atom stereocenters. The molecule has 0 amide bonds. The largest absolute Gasteiger partial charge is 0.466 e. The van der Waals surface area contributed by atoms with Crippen LogP contribution in [0.25, 0.3) is 0 Å². The van der Waals surface area contributed by atoms with Gasteiger partial charge >= 0.3 is 0 Å². The maximum Gasteiger partial charge on any atom is 0.189 e. The average molecular weight is 242 g/mol. The monoisotopic (exact) mass is 241 g/mol. The Labute approximate surface area is 98.5 Å². The fourth-order valence-electron chi connectivity index (χ4n) is 1.64. The topological polar surface area (TPSA) is 47.6 Å². The van der Waals surface area contributed by atoms with E-state index in [9.17, 15) is 4.79 Å². The molecule has 86 valence electrons.